The molecule has 38 heavy (non-hydrogen) atoms. The topological polar surface area (TPSA) is 126 Å². The molecule has 3 heterocycles. The molecule has 2 aliphatic rings. The molecule has 1 unspecified atom stereocenters. The maximum Gasteiger partial charge on any atom is 0.410 e. The first-order valence-electron chi connectivity index (χ1n) is 12.4. The van der Waals surface area contributed by atoms with E-state index < -0.39 is 5.60 Å². The van der Waals surface area contributed by atoms with Crippen LogP contribution in [-0.2, 0) is 17.8 Å². The molecule has 2 fully saturated rings. The van der Waals surface area contributed by atoms with Gasteiger partial charge < -0.3 is 9.30 Å². The average Bonchev–Trinajstić information content (AvgIpc) is 3.62. The van der Waals surface area contributed by atoms with Crippen LogP contribution in [0.2, 0.25) is 5.02 Å². The van der Waals surface area contributed by atoms with Crippen LogP contribution >= 0.6 is 11.6 Å². The summed E-state index contributed by atoms with van der Waals surface area (Å²) in [5.74, 6) is 0.317. The second-order valence-corrected chi connectivity index (χ2v) is 10.5. The third-order valence-electron chi connectivity index (χ3n) is 7.32. The van der Waals surface area contributed by atoms with Gasteiger partial charge in [0.15, 0.2) is 0 Å². The summed E-state index contributed by atoms with van der Waals surface area (Å²) in [5, 5.41) is 27.3. The average molecular weight is 527 g/mol. The SMILES string of the molecule is N#Cc1cc(Cl)cc(-n2cc(CN3CC4(CCC[C@H](Cn5cnc6ccc(C#N)cc65)C4)OC3=O)nn2)c1. The van der Waals surface area contributed by atoms with Crippen molar-refractivity contribution >= 4 is 28.7 Å². The minimum atomic E-state index is -0.529. The number of imidazole rings is 1. The molecule has 2 aromatic heterocycles. The van der Waals surface area contributed by atoms with E-state index in [0.29, 0.717) is 40.0 Å². The molecule has 0 N–H and O–H groups in total. The maximum atomic E-state index is 12.9. The van der Waals surface area contributed by atoms with Gasteiger partial charge in [0.25, 0.3) is 0 Å². The van der Waals surface area contributed by atoms with Crippen molar-refractivity contribution in [3.63, 3.8) is 0 Å². The first-order chi connectivity index (χ1) is 18.4. The van der Waals surface area contributed by atoms with Crippen LogP contribution in [0.5, 0.6) is 0 Å². The Hall–Kier alpha value is -4.41. The standard InChI is InChI=1S/C27H23ClN8O2/c28-21-6-20(12-30)7-23(9-21)36-15-22(32-33-36)14-34-16-27(38-26(34)37)5-1-2-19(10-27)13-35-17-31-24-4-3-18(11-29)8-25(24)35/h3-4,6-9,15,17,19H,1-2,5,10,13-14,16H2/t19-,27?/m0/s1. The highest BCUT2D eigenvalue weighted by Gasteiger charge is 2.48. The summed E-state index contributed by atoms with van der Waals surface area (Å²) in [6, 6.07) is 14.8. The summed E-state index contributed by atoms with van der Waals surface area (Å²) in [4.78, 5) is 19.0. The molecule has 2 aromatic carbocycles. The van der Waals surface area contributed by atoms with Crippen LogP contribution in [-0.4, -0.2) is 47.7 Å². The Labute approximate surface area is 223 Å². The van der Waals surface area contributed by atoms with Crippen molar-refractivity contribution < 1.29 is 9.53 Å². The van der Waals surface area contributed by atoms with E-state index in [1.165, 1.54) is 0 Å². The van der Waals surface area contributed by atoms with Crippen LogP contribution < -0.4 is 0 Å². The van der Waals surface area contributed by atoms with E-state index in [-0.39, 0.29) is 12.6 Å². The number of carbonyl (C=O) groups is 1. The Balaban J connectivity index is 1.14. The Morgan fingerprint density at radius 2 is 2.03 bits per heavy atom. The van der Waals surface area contributed by atoms with Gasteiger partial charge in [-0.3, -0.25) is 4.90 Å². The monoisotopic (exact) mass is 526 g/mol. The van der Waals surface area contributed by atoms with E-state index in [2.05, 4.69) is 32.0 Å². The van der Waals surface area contributed by atoms with Crippen LogP contribution in [0.25, 0.3) is 16.7 Å². The lowest BCUT2D eigenvalue weighted by molar-refractivity contribution is 0.00415. The highest BCUT2D eigenvalue weighted by Crippen LogP contribution is 2.41. The van der Waals surface area contributed by atoms with Crippen molar-refractivity contribution in [3.05, 3.63) is 70.8 Å². The van der Waals surface area contributed by atoms with E-state index in [9.17, 15) is 15.3 Å². The fourth-order valence-corrected chi connectivity index (χ4v) is 5.89. The summed E-state index contributed by atoms with van der Waals surface area (Å²) >= 11 is 6.12. The van der Waals surface area contributed by atoms with Crippen molar-refractivity contribution in [1.82, 2.24) is 29.4 Å². The fraction of sp³-hybridized carbons (Fsp3) is 0.333. The lowest BCUT2D eigenvalue weighted by Gasteiger charge is -2.36. The summed E-state index contributed by atoms with van der Waals surface area (Å²) in [6.45, 7) is 1.53. The van der Waals surface area contributed by atoms with E-state index in [4.69, 9.17) is 16.3 Å². The van der Waals surface area contributed by atoms with E-state index >= 15 is 0 Å². The summed E-state index contributed by atoms with van der Waals surface area (Å²) in [7, 11) is 0. The van der Waals surface area contributed by atoms with Crippen LogP contribution in [0.15, 0.2) is 48.9 Å². The van der Waals surface area contributed by atoms with Crippen LogP contribution in [0.1, 0.15) is 42.5 Å². The first kappa shape index (κ1) is 24.0. The van der Waals surface area contributed by atoms with Gasteiger partial charge in [0, 0.05) is 11.6 Å². The van der Waals surface area contributed by atoms with Gasteiger partial charge in [0.05, 0.1) is 65.6 Å². The number of nitrogens with zero attached hydrogens (tertiary/aromatic N) is 8. The summed E-state index contributed by atoms with van der Waals surface area (Å²) < 4.78 is 9.64. The van der Waals surface area contributed by atoms with Gasteiger partial charge >= 0.3 is 6.09 Å². The third-order valence-corrected chi connectivity index (χ3v) is 7.54. The molecule has 1 aliphatic carbocycles. The van der Waals surface area contributed by atoms with E-state index in [0.717, 1.165) is 43.3 Å². The second kappa shape index (κ2) is 9.47. The molecular weight excluding hydrogens is 504 g/mol. The van der Waals surface area contributed by atoms with E-state index in [1.807, 2.05) is 18.5 Å². The summed E-state index contributed by atoms with van der Waals surface area (Å²) in [6.07, 6.45) is 6.79. The highest BCUT2D eigenvalue weighted by molar-refractivity contribution is 6.30. The number of fused-ring (bicyclic) bond motifs is 1. The Morgan fingerprint density at radius 1 is 1.16 bits per heavy atom. The number of benzene rings is 2. The number of hydrogen-bond acceptors (Lipinski definition) is 7. The Kier molecular flexibility index (Phi) is 5.97. The van der Waals surface area contributed by atoms with Crippen molar-refractivity contribution in [1.29, 1.82) is 10.5 Å². The lowest BCUT2D eigenvalue weighted by Crippen LogP contribution is -2.40. The second-order valence-electron chi connectivity index (χ2n) is 10.0. The zero-order valence-corrected chi connectivity index (χ0v) is 21.2. The molecule has 6 rings (SSSR count). The zero-order valence-electron chi connectivity index (χ0n) is 20.4. The van der Waals surface area contributed by atoms with Crippen LogP contribution in [0, 0.1) is 28.6 Å². The predicted molar refractivity (Wildman–Crippen MR) is 137 cm³/mol. The molecule has 4 aromatic rings. The number of ether oxygens (including phenoxy) is 1. The molecule has 2 atom stereocenters. The normalized spacial score (nSPS) is 21.0. The number of amides is 1. The molecule has 1 spiro atoms. The van der Waals surface area contributed by atoms with Gasteiger partial charge in [-0.2, -0.15) is 10.5 Å². The van der Waals surface area contributed by atoms with Crippen molar-refractivity contribution in [2.45, 2.75) is 44.4 Å². The minimum absolute atomic E-state index is 0.278. The van der Waals surface area contributed by atoms with Gasteiger partial charge in [-0.25, -0.2) is 14.5 Å². The zero-order chi connectivity index (χ0) is 26.3. The van der Waals surface area contributed by atoms with Gasteiger partial charge in [-0.05, 0) is 68.0 Å². The summed E-state index contributed by atoms with van der Waals surface area (Å²) in [5.41, 5.74) is 3.55. The quantitative estimate of drug-likeness (QED) is 0.372. The molecule has 10 nitrogen and oxygen atoms in total. The minimum Gasteiger partial charge on any atom is -0.441 e. The molecule has 1 aliphatic heterocycles. The smallest absolute Gasteiger partial charge is 0.410 e. The largest absolute Gasteiger partial charge is 0.441 e. The van der Waals surface area contributed by atoms with Crippen molar-refractivity contribution in [2.75, 3.05) is 6.54 Å². The molecule has 1 saturated carbocycles. The highest BCUT2D eigenvalue weighted by atomic mass is 35.5. The maximum absolute atomic E-state index is 12.9. The van der Waals surface area contributed by atoms with Gasteiger partial charge in [-0.1, -0.05) is 16.8 Å². The first-order valence-corrected chi connectivity index (χ1v) is 12.8. The van der Waals surface area contributed by atoms with Crippen LogP contribution in [0.4, 0.5) is 4.79 Å². The number of nitriles is 2. The molecule has 1 amide bonds. The molecule has 190 valence electrons. The lowest BCUT2D eigenvalue weighted by atomic mass is 9.78. The molecule has 1 saturated heterocycles. The van der Waals surface area contributed by atoms with Crippen LogP contribution in [0.3, 0.4) is 0 Å². The predicted octanol–water partition coefficient (Wildman–Crippen LogP) is 4.60. The van der Waals surface area contributed by atoms with Gasteiger partial charge in [0.2, 0.25) is 0 Å². The Morgan fingerprint density at radius 3 is 2.87 bits per heavy atom. The number of rotatable bonds is 5. The Bertz CT molecular complexity index is 1630. The molecule has 11 heteroatoms. The fourth-order valence-electron chi connectivity index (χ4n) is 5.66. The number of aromatic nitrogens is 5. The van der Waals surface area contributed by atoms with E-state index in [1.54, 1.807) is 40.0 Å². The number of carbonyl (C=O) groups excluding carboxylic acids is 1. The molecular formula is C27H23ClN8O2. The van der Waals surface area contributed by atoms with Gasteiger partial charge in [0.1, 0.15) is 11.3 Å². The van der Waals surface area contributed by atoms with Crippen molar-refractivity contribution in [2.24, 2.45) is 5.92 Å². The van der Waals surface area contributed by atoms with Gasteiger partial charge in [-0.15, -0.1) is 5.10 Å². The number of hydrogen-bond donors (Lipinski definition) is 0. The third kappa shape index (κ3) is 4.55. The van der Waals surface area contributed by atoms with Crippen molar-refractivity contribution in [3.8, 4) is 17.8 Å². The molecule has 0 radical (unpaired) electrons. The number of halogens is 1. The molecule has 0 bridgehead atoms.